The molecule has 0 atom stereocenters. The Morgan fingerprint density at radius 2 is 1.89 bits per heavy atom. The van der Waals surface area contributed by atoms with E-state index in [1.54, 1.807) is 4.90 Å². The number of ether oxygens (including phenoxy) is 1. The van der Waals surface area contributed by atoms with Crippen LogP contribution in [0.1, 0.15) is 31.9 Å². The number of carbonyl (C=O) groups excluding carboxylic acids is 1. The highest BCUT2D eigenvalue weighted by Gasteiger charge is 2.38. The summed E-state index contributed by atoms with van der Waals surface area (Å²) < 4.78 is 6.45. The van der Waals surface area contributed by atoms with Crippen LogP contribution in [0.2, 0.25) is 5.02 Å². The fraction of sp³-hybridized carbons (Fsp3) is 0.238. The maximum absolute atomic E-state index is 12.7. The second kappa shape index (κ2) is 8.05. The first-order chi connectivity index (χ1) is 12.7. The van der Waals surface area contributed by atoms with Gasteiger partial charge in [0.25, 0.3) is 5.91 Å². The zero-order valence-corrected chi connectivity index (χ0v) is 17.8. The third kappa shape index (κ3) is 4.92. The second-order valence-electron chi connectivity index (χ2n) is 7.18. The van der Waals surface area contributed by atoms with Crippen molar-refractivity contribution >= 4 is 51.9 Å². The SMILES string of the molecule is CC(C)(C)N1C(=O)/C(=C/c2cccc(OCc3ccc(Cl)cc3)c2)SC1=S. The minimum atomic E-state index is -0.333. The maximum Gasteiger partial charge on any atom is 0.266 e. The van der Waals surface area contributed by atoms with E-state index in [4.69, 9.17) is 28.6 Å². The lowest BCUT2D eigenvalue weighted by Gasteiger charge is -2.30. The Bertz CT molecular complexity index is 901. The van der Waals surface area contributed by atoms with Crippen LogP contribution in [0, 0.1) is 0 Å². The molecular formula is C21H20ClNO2S2. The van der Waals surface area contributed by atoms with Crippen LogP contribution in [0.4, 0.5) is 0 Å². The number of amides is 1. The molecule has 0 spiro atoms. The second-order valence-corrected chi connectivity index (χ2v) is 9.29. The molecule has 0 bridgehead atoms. The molecule has 0 aromatic heterocycles. The predicted octanol–water partition coefficient (Wildman–Crippen LogP) is 5.92. The lowest BCUT2D eigenvalue weighted by atomic mass is 10.1. The molecule has 1 heterocycles. The first kappa shape index (κ1) is 19.9. The molecule has 0 radical (unpaired) electrons. The highest BCUT2D eigenvalue weighted by Crippen LogP contribution is 2.37. The van der Waals surface area contributed by atoms with Gasteiger partial charge < -0.3 is 4.74 Å². The van der Waals surface area contributed by atoms with E-state index >= 15 is 0 Å². The molecule has 0 unspecified atom stereocenters. The molecule has 1 amide bonds. The van der Waals surface area contributed by atoms with Gasteiger partial charge in [0.05, 0.1) is 4.91 Å². The Morgan fingerprint density at radius 3 is 2.52 bits per heavy atom. The quantitative estimate of drug-likeness (QED) is 0.456. The zero-order chi connectivity index (χ0) is 19.6. The maximum atomic E-state index is 12.7. The van der Waals surface area contributed by atoms with Crippen LogP contribution in [0.3, 0.4) is 0 Å². The number of thioether (sulfide) groups is 1. The normalized spacial score (nSPS) is 16.3. The van der Waals surface area contributed by atoms with Gasteiger partial charge in [0, 0.05) is 10.6 Å². The molecule has 3 rings (SSSR count). The van der Waals surface area contributed by atoms with Gasteiger partial charge in [-0.15, -0.1) is 0 Å². The van der Waals surface area contributed by atoms with Crippen molar-refractivity contribution in [1.82, 2.24) is 4.90 Å². The van der Waals surface area contributed by atoms with E-state index in [2.05, 4.69) is 0 Å². The van der Waals surface area contributed by atoms with Gasteiger partial charge in [-0.3, -0.25) is 9.69 Å². The summed E-state index contributed by atoms with van der Waals surface area (Å²) in [5.74, 6) is 0.690. The van der Waals surface area contributed by atoms with Crippen molar-refractivity contribution in [2.45, 2.75) is 32.9 Å². The molecule has 1 saturated heterocycles. The summed E-state index contributed by atoms with van der Waals surface area (Å²) in [7, 11) is 0. The van der Waals surface area contributed by atoms with Crippen molar-refractivity contribution in [3.05, 3.63) is 69.6 Å². The molecule has 2 aromatic rings. The minimum absolute atomic E-state index is 0.0509. The van der Waals surface area contributed by atoms with Crippen LogP contribution in [-0.2, 0) is 11.4 Å². The number of hydrogen-bond donors (Lipinski definition) is 0. The standard InChI is InChI=1S/C21H20ClNO2S2/c1-21(2,3)23-19(24)18(27-20(23)26)12-15-5-4-6-17(11-15)25-13-14-7-9-16(22)10-8-14/h4-12H,13H2,1-3H3/b18-12-. The zero-order valence-electron chi connectivity index (χ0n) is 15.4. The highest BCUT2D eigenvalue weighted by molar-refractivity contribution is 8.26. The van der Waals surface area contributed by atoms with E-state index in [0.717, 1.165) is 16.9 Å². The number of nitrogens with zero attached hydrogens (tertiary/aromatic N) is 1. The first-order valence-electron chi connectivity index (χ1n) is 8.49. The van der Waals surface area contributed by atoms with Crippen LogP contribution < -0.4 is 4.74 Å². The van der Waals surface area contributed by atoms with E-state index < -0.39 is 0 Å². The summed E-state index contributed by atoms with van der Waals surface area (Å²) in [6, 6.07) is 15.2. The third-order valence-electron chi connectivity index (χ3n) is 3.94. The minimum Gasteiger partial charge on any atom is -0.489 e. The molecule has 1 aliphatic rings. The molecule has 0 N–H and O–H groups in total. The average Bonchev–Trinajstić information content (AvgIpc) is 2.88. The third-order valence-corrected chi connectivity index (χ3v) is 5.49. The lowest BCUT2D eigenvalue weighted by molar-refractivity contribution is -0.125. The number of thiocarbonyl (C=S) groups is 1. The number of benzene rings is 2. The highest BCUT2D eigenvalue weighted by atomic mass is 35.5. The Hall–Kier alpha value is -1.82. The van der Waals surface area contributed by atoms with Gasteiger partial charge in [-0.1, -0.05) is 59.8 Å². The molecule has 140 valence electrons. The van der Waals surface area contributed by atoms with E-state index in [1.165, 1.54) is 11.8 Å². The number of halogens is 1. The molecule has 3 nitrogen and oxygen atoms in total. The largest absolute Gasteiger partial charge is 0.489 e. The van der Waals surface area contributed by atoms with Crippen molar-refractivity contribution in [2.75, 3.05) is 0 Å². The lowest BCUT2D eigenvalue weighted by Crippen LogP contribution is -2.44. The monoisotopic (exact) mass is 417 g/mol. The Labute approximate surface area is 174 Å². The molecule has 2 aromatic carbocycles. The predicted molar refractivity (Wildman–Crippen MR) is 117 cm³/mol. The van der Waals surface area contributed by atoms with Gasteiger partial charge in [0.1, 0.15) is 16.7 Å². The fourth-order valence-electron chi connectivity index (χ4n) is 2.64. The van der Waals surface area contributed by atoms with Gasteiger partial charge in [-0.25, -0.2) is 0 Å². The number of hydrogen-bond acceptors (Lipinski definition) is 4. The van der Waals surface area contributed by atoms with E-state index in [1.807, 2.05) is 75.4 Å². The topological polar surface area (TPSA) is 29.5 Å². The summed E-state index contributed by atoms with van der Waals surface area (Å²) >= 11 is 12.6. The summed E-state index contributed by atoms with van der Waals surface area (Å²) in [5, 5.41) is 0.702. The van der Waals surface area contributed by atoms with Crippen LogP contribution in [-0.4, -0.2) is 20.7 Å². The molecule has 1 aliphatic heterocycles. The van der Waals surface area contributed by atoms with E-state index in [-0.39, 0.29) is 11.4 Å². The Morgan fingerprint density at radius 1 is 1.19 bits per heavy atom. The van der Waals surface area contributed by atoms with E-state index in [0.29, 0.717) is 20.9 Å². The van der Waals surface area contributed by atoms with Crippen molar-refractivity contribution in [1.29, 1.82) is 0 Å². The van der Waals surface area contributed by atoms with Gasteiger partial charge in [-0.05, 0) is 62.2 Å². The van der Waals surface area contributed by atoms with Gasteiger partial charge in [-0.2, -0.15) is 0 Å². The van der Waals surface area contributed by atoms with Crippen molar-refractivity contribution in [3.63, 3.8) is 0 Å². The van der Waals surface area contributed by atoms with Gasteiger partial charge >= 0.3 is 0 Å². The molecule has 27 heavy (non-hydrogen) atoms. The van der Waals surface area contributed by atoms with Gasteiger partial charge in [0.15, 0.2) is 0 Å². The van der Waals surface area contributed by atoms with Crippen LogP contribution >= 0.6 is 35.6 Å². The van der Waals surface area contributed by atoms with Crippen LogP contribution in [0.25, 0.3) is 6.08 Å². The molecule has 0 aliphatic carbocycles. The van der Waals surface area contributed by atoms with Crippen LogP contribution in [0.5, 0.6) is 5.75 Å². The molecule has 6 heteroatoms. The average molecular weight is 418 g/mol. The first-order valence-corrected chi connectivity index (χ1v) is 10.1. The fourth-order valence-corrected chi connectivity index (χ4v) is 4.40. The molecule has 0 saturated carbocycles. The van der Waals surface area contributed by atoms with Crippen molar-refractivity contribution < 1.29 is 9.53 Å². The Balaban J connectivity index is 1.74. The van der Waals surface area contributed by atoms with Crippen molar-refractivity contribution in [2.24, 2.45) is 0 Å². The van der Waals surface area contributed by atoms with Gasteiger partial charge in [0.2, 0.25) is 0 Å². The smallest absolute Gasteiger partial charge is 0.266 e. The summed E-state index contributed by atoms with van der Waals surface area (Å²) in [5.41, 5.74) is 1.61. The molecule has 1 fully saturated rings. The number of carbonyl (C=O) groups is 1. The summed E-state index contributed by atoms with van der Waals surface area (Å²) in [6.45, 7) is 6.39. The van der Waals surface area contributed by atoms with E-state index in [9.17, 15) is 4.79 Å². The van der Waals surface area contributed by atoms with Crippen molar-refractivity contribution in [3.8, 4) is 5.75 Å². The Kier molecular flexibility index (Phi) is 5.94. The molecular weight excluding hydrogens is 398 g/mol. The summed E-state index contributed by atoms with van der Waals surface area (Å²) in [6.07, 6.45) is 1.86. The van der Waals surface area contributed by atoms with Crippen LogP contribution in [0.15, 0.2) is 53.4 Å². The number of rotatable bonds is 4. The summed E-state index contributed by atoms with van der Waals surface area (Å²) in [4.78, 5) is 15.0.